The summed E-state index contributed by atoms with van der Waals surface area (Å²) in [5.41, 5.74) is 0. The number of aliphatic hydroxyl groups is 5. The summed E-state index contributed by atoms with van der Waals surface area (Å²) in [6.07, 6.45) is 52.2. The number of esters is 1. The van der Waals surface area contributed by atoms with Gasteiger partial charge in [0.15, 0.2) is 6.29 Å². The van der Waals surface area contributed by atoms with Crippen molar-refractivity contribution < 1.29 is 49.3 Å². The first-order valence-corrected chi connectivity index (χ1v) is 29.4. The Morgan fingerprint density at radius 2 is 0.915 bits per heavy atom. The molecule has 7 unspecified atom stereocenters. The lowest BCUT2D eigenvalue weighted by molar-refractivity contribution is -0.302. The molecule has 71 heavy (non-hydrogen) atoms. The fourth-order valence-electron chi connectivity index (χ4n) is 8.91. The first-order valence-electron chi connectivity index (χ1n) is 29.4. The van der Waals surface area contributed by atoms with Gasteiger partial charge in [-0.25, -0.2) is 0 Å². The number of rotatable bonds is 50. The van der Waals surface area contributed by atoms with Crippen molar-refractivity contribution in [2.24, 2.45) is 0 Å². The number of allylic oxidation sites excluding steroid dienone is 7. The van der Waals surface area contributed by atoms with Crippen LogP contribution in [-0.2, 0) is 23.8 Å². The molecule has 0 aromatic rings. The fraction of sp³-hybridized carbons (Fsp3) is 0.833. The van der Waals surface area contributed by atoms with E-state index in [-0.39, 0.29) is 18.5 Å². The van der Waals surface area contributed by atoms with Gasteiger partial charge in [0.05, 0.1) is 32.0 Å². The van der Waals surface area contributed by atoms with Gasteiger partial charge in [-0.15, -0.1) is 0 Å². The summed E-state index contributed by atoms with van der Waals surface area (Å²) < 4.78 is 16.6. The maximum atomic E-state index is 13.0. The van der Waals surface area contributed by atoms with E-state index in [4.69, 9.17) is 14.2 Å². The van der Waals surface area contributed by atoms with Gasteiger partial charge in [0.2, 0.25) is 5.91 Å². The fourth-order valence-corrected chi connectivity index (χ4v) is 8.91. The molecule has 414 valence electrons. The first-order chi connectivity index (χ1) is 34.7. The monoisotopic (exact) mass is 1000 g/mol. The molecule has 0 saturated carbocycles. The van der Waals surface area contributed by atoms with Crippen LogP contribution in [0.15, 0.2) is 48.6 Å². The minimum atomic E-state index is -1.58. The van der Waals surface area contributed by atoms with E-state index >= 15 is 0 Å². The van der Waals surface area contributed by atoms with Crippen LogP contribution in [-0.4, -0.2) is 100 Å². The average molecular weight is 1000 g/mol. The highest BCUT2D eigenvalue weighted by molar-refractivity contribution is 5.76. The number of unbranched alkanes of at least 4 members (excludes halogenated alkanes) is 30. The third-order valence-electron chi connectivity index (χ3n) is 13.6. The summed E-state index contributed by atoms with van der Waals surface area (Å²) >= 11 is 0. The van der Waals surface area contributed by atoms with Crippen LogP contribution >= 0.6 is 0 Å². The Bertz CT molecular complexity index is 1320. The minimum Gasteiger partial charge on any atom is -0.466 e. The second kappa shape index (κ2) is 49.8. The molecule has 1 aliphatic heterocycles. The molecule has 1 fully saturated rings. The first kappa shape index (κ1) is 66.6. The van der Waals surface area contributed by atoms with E-state index in [0.717, 1.165) is 77.0 Å². The van der Waals surface area contributed by atoms with Gasteiger partial charge in [-0.1, -0.05) is 197 Å². The number of carbonyl (C=O) groups is 2. The Morgan fingerprint density at radius 3 is 1.39 bits per heavy atom. The van der Waals surface area contributed by atoms with Crippen LogP contribution in [0.5, 0.6) is 0 Å². The highest BCUT2D eigenvalue weighted by atomic mass is 16.7. The number of nitrogens with one attached hydrogen (secondary N) is 1. The zero-order chi connectivity index (χ0) is 51.7. The lowest BCUT2D eigenvalue weighted by Crippen LogP contribution is -2.60. The lowest BCUT2D eigenvalue weighted by atomic mass is 9.99. The predicted molar refractivity (Wildman–Crippen MR) is 292 cm³/mol. The molecule has 0 radical (unpaired) electrons. The van der Waals surface area contributed by atoms with Gasteiger partial charge in [-0.05, 0) is 96.3 Å². The molecule has 11 nitrogen and oxygen atoms in total. The number of carbonyl (C=O) groups excluding carboxylic acids is 2. The van der Waals surface area contributed by atoms with E-state index in [0.29, 0.717) is 19.4 Å². The summed E-state index contributed by atoms with van der Waals surface area (Å²) in [6, 6.07) is -0.832. The summed E-state index contributed by atoms with van der Waals surface area (Å²) in [4.78, 5) is 25.0. The molecule has 0 aliphatic carbocycles. The van der Waals surface area contributed by atoms with Crippen LogP contribution in [0, 0.1) is 0 Å². The predicted octanol–water partition coefficient (Wildman–Crippen LogP) is 13.3. The molecular formula is C60H109NO10. The number of amides is 1. The van der Waals surface area contributed by atoms with Crippen molar-refractivity contribution in [2.45, 2.75) is 301 Å². The Morgan fingerprint density at radius 1 is 0.507 bits per heavy atom. The highest BCUT2D eigenvalue weighted by Gasteiger charge is 2.44. The second-order valence-corrected chi connectivity index (χ2v) is 20.3. The second-order valence-electron chi connectivity index (χ2n) is 20.3. The molecule has 1 aliphatic rings. The van der Waals surface area contributed by atoms with Crippen LogP contribution < -0.4 is 5.32 Å². The Hall–Kier alpha value is -2.38. The lowest BCUT2D eigenvalue weighted by Gasteiger charge is -2.40. The van der Waals surface area contributed by atoms with Crippen LogP contribution in [0.25, 0.3) is 0 Å². The van der Waals surface area contributed by atoms with E-state index in [1.807, 2.05) is 6.08 Å². The quantitative estimate of drug-likeness (QED) is 0.0195. The smallest absolute Gasteiger partial charge is 0.305 e. The van der Waals surface area contributed by atoms with E-state index in [1.54, 1.807) is 6.08 Å². The number of ether oxygens (including phenoxy) is 3. The van der Waals surface area contributed by atoms with Crippen molar-refractivity contribution in [3.8, 4) is 0 Å². The largest absolute Gasteiger partial charge is 0.466 e. The highest BCUT2D eigenvalue weighted by Crippen LogP contribution is 2.23. The molecule has 0 bridgehead atoms. The van der Waals surface area contributed by atoms with Crippen LogP contribution in [0.4, 0.5) is 0 Å². The maximum Gasteiger partial charge on any atom is 0.305 e. The maximum absolute atomic E-state index is 13.0. The molecule has 6 N–H and O–H groups in total. The Kier molecular flexibility index (Phi) is 46.7. The topological polar surface area (TPSA) is 175 Å². The van der Waals surface area contributed by atoms with Crippen molar-refractivity contribution in [1.82, 2.24) is 5.32 Å². The molecule has 1 heterocycles. The molecule has 1 amide bonds. The molecule has 0 spiro atoms. The molecule has 1 saturated heterocycles. The van der Waals surface area contributed by atoms with E-state index in [2.05, 4.69) is 55.6 Å². The van der Waals surface area contributed by atoms with E-state index in [1.165, 1.54) is 154 Å². The van der Waals surface area contributed by atoms with Gasteiger partial charge >= 0.3 is 5.97 Å². The summed E-state index contributed by atoms with van der Waals surface area (Å²) in [5, 5.41) is 54.1. The minimum absolute atomic E-state index is 0.0138. The third-order valence-corrected chi connectivity index (χ3v) is 13.6. The Labute approximate surface area is 434 Å². The average Bonchev–Trinajstić information content (AvgIpc) is 3.37. The van der Waals surface area contributed by atoms with Crippen molar-refractivity contribution in [3.05, 3.63) is 48.6 Å². The normalized spacial score (nSPS) is 19.5. The SMILES string of the molecule is CCCCC/C=C\CCCCCCCC(=O)OCCCCCCCCCCCCC/C=C\CCCCCCCCCC(=O)NC(COC1OC(CO)C(O)C(O)C1O)C(O)/C=C/CC/C=C/CCCCC. The number of aliphatic hydroxyl groups excluding tert-OH is 5. The zero-order valence-electron chi connectivity index (χ0n) is 45.4. The van der Waals surface area contributed by atoms with Crippen LogP contribution in [0.1, 0.15) is 258 Å². The molecule has 0 aromatic heterocycles. The van der Waals surface area contributed by atoms with Crippen molar-refractivity contribution in [3.63, 3.8) is 0 Å². The molecule has 0 aromatic carbocycles. The van der Waals surface area contributed by atoms with Gasteiger partial charge in [-0.2, -0.15) is 0 Å². The molecular weight excluding hydrogens is 895 g/mol. The molecule has 7 atom stereocenters. The standard InChI is InChI=1S/C60H109NO10/c1-3-5-7-9-11-13-14-28-32-36-40-44-48-56(65)69-49-45-41-37-33-29-26-24-22-20-18-16-15-17-19-21-23-25-27-31-35-39-43-47-55(64)61-52(53(63)46-42-38-34-30-12-10-8-6-4-2)51-70-60-59(68)58(67)57(66)54(50-62)71-60/h11-13,17,19,30,42,46,52-54,57-60,62-63,66-68H,3-10,14-16,18,20-29,31-41,43-45,47-51H2,1-2H3,(H,61,64)/b13-11-,19-17-,30-12+,46-42+. The van der Waals surface area contributed by atoms with Gasteiger partial charge < -0.3 is 45.1 Å². The van der Waals surface area contributed by atoms with Gasteiger partial charge in [0.25, 0.3) is 0 Å². The number of hydrogen-bond donors (Lipinski definition) is 6. The number of hydrogen-bond acceptors (Lipinski definition) is 10. The van der Waals surface area contributed by atoms with Gasteiger partial charge in [0, 0.05) is 12.8 Å². The summed E-state index contributed by atoms with van der Waals surface area (Å²) in [7, 11) is 0. The Balaban J connectivity index is 2.03. The third kappa shape index (κ3) is 39.7. The van der Waals surface area contributed by atoms with Gasteiger partial charge in [0.1, 0.15) is 24.4 Å². The van der Waals surface area contributed by atoms with E-state index in [9.17, 15) is 35.1 Å². The van der Waals surface area contributed by atoms with Crippen molar-refractivity contribution in [2.75, 3.05) is 19.8 Å². The zero-order valence-corrected chi connectivity index (χ0v) is 45.4. The summed E-state index contributed by atoms with van der Waals surface area (Å²) in [5.74, 6) is -0.216. The van der Waals surface area contributed by atoms with Crippen LogP contribution in [0.3, 0.4) is 0 Å². The molecule has 11 heteroatoms. The summed E-state index contributed by atoms with van der Waals surface area (Å²) in [6.45, 7) is 4.23. The van der Waals surface area contributed by atoms with Gasteiger partial charge in [-0.3, -0.25) is 9.59 Å². The van der Waals surface area contributed by atoms with Crippen molar-refractivity contribution in [1.29, 1.82) is 0 Å². The van der Waals surface area contributed by atoms with Crippen LogP contribution in [0.2, 0.25) is 0 Å². The van der Waals surface area contributed by atoms with Crippen molar-refractivity contribution >= 4 is 11.9 Å². The van der Waals surface area contributed by atoms with E-state index < -0.39 is 49.5 Å². The molecule has 1 rings (SSSR count).